The summed E-state index contributed by atoms with van der Waals surface area (Å²) in [5, 5.41) is 3.00. The Morgan fingerprint density at radius 1 is 0.732 bits per heavy atom. The first-order chi connectivity index (χ1) is 19.3. The summed E-state index contributed by atoms with van der Waals surface area (Å²) in [4.78, 5) is 0. The van der Waals surface area contributed by atoms with Crippen molar-refractivity contribution in [1.29, 1.82) is 0 Å². The summed E-state index contributed by atoms with van der Waals surface area (Å²) >= 11 is -4.07. The quantitative estimate of drug-likeness (QED) is 0.168. The van der Waals surface area contributed by atoms with Gasteiger partial charge in [0.1, 0.15) is 0 Å². The molecule has 1 aliphatic heterocycles. The van der Waals surface area contributed by atoms with E-state index in [-0.39, 0.29) is 14.5 Å². The monoisotopic (exact) mass is 672 g/mol. The normalized spacial score (nSPS) is 16.9. The van der Waals surface area contributed by atoms with Gasteiger partial charge in [0.05, 0.1) is 0 Å². The van der Waals surface area contributed by atoms with Crippen LogP contribution in [0.4, 0.5) is 0 Å². The van der Waals surface area contributed by atoms with Gasteiger partial charge in [0.2, 0.25) is 0 Å². The molecule has 0 nitrogen and oxygen atoms in total. The molecular formula is C37H40Cl2SiZr. The summed E-state index contributed by atoms with van der Waals surface area (Å²) in [6.45, 7) is 16.2. The number of fused-ring (bicyclic) bond motifs is 4. The van der Waals surface area contributed by atoms with Crippen LogP contribution in [-0.2, 0) is 29.7 Å². The predicted octanol–water partition coefficient (Wildman–Crippen LogP) is 8.58. The van der Waals surface area contributed by atoms with Gasteiger partial charge in [-0.25, -0.2) is 0 Å². The second-order valence-electron chi connectivity index (χ2n) is 13.8. The van der Waals surface area contributed by atoms with Gasteiger partial charge in [-0.05, 0) is 0 Å². The number of halogens is 2. The van der Waals surface area contributed by atoms with Gasteiger partial charge in [0.15, 0.2) is 0 Å². The van der Waals surface area contributed by atoms with E-state index in [1.807, 2.05) is 0 Å². The van der Waals surface area contributed by atoms with Gasteiger partial charge >= 0.3 is 262 Å². The first kappa shape index (κ1) is 29.4. The molecule has 0 aromatic heterocycles. The van der Waals surface area contributed by atoms with Crippen LogP contribution in [0.3, 0.4) is 0 Å². The summed E-state index contributed by atoms with van der Waals surface area (Å²) in [6.07, 6.45) is 3.49. The summed E-state index contributed by atoms with van der Waals surface area (Å²) in [7, 11) is 15.3. The molecule has 2 aliphatic rings. The Kier molecular flexibility index (Phi) is 7.51. The minimum absolute atomic E-state index is 0.00103. The van der Waals surface area contributed by atoms with Crippen molar-refractivity contribution in [3.8, 4) is 22.3 Å². The molecule has 0 fully saturated rings. The van der Waals surface area contributed by atoms with E-state index in [4.69, 9.17) is 17.0 Å². The molecule has 6 rings (SSSR count). The summed E-state index contributed by atoms with van der Waals surface area (Å²) in [5.74, 6) is 0. The average Bonchev–Trinajstić information content (AvgIpc) is 3.51. The van der Waals surface area contributed by atoms with Crippen LogP contribution in [0, 0.1) is 5.41 Å². The molecule has 1 unspecified atom stereocenters. The summed E-state index contributed by atoms with van der Waals surface area (Å²) in [6, 6.07) is 29.4. The molecule has 4 aromatic carbocycles. The first-order valence-electron chi connectivity index (χ1n) is 14.9. The number of hydrogen-bond donors (Lipinski definition) is 0. The zero-order chi connectivity index (χ0) is 29.3. The van der Waals surface area contributed by atoms with E-state index >= 15 is 0 Å². The molecule has 0 amide bonds. The Morgan fingerprint density at radius 3 is 2.07 bits per heavy atom. The van der Waals surface area contributed by atoms with Crippen LogP contribution >= 0.6 is 17.0 Å². The molecule has 0 N–H and O–H groups in total. The second kappa shape index (κ2) is 10.5. The van der Waals surface area contributed by atoms with Crippen molar-refractivity contribution < 1.29 is 17.9 Å². The van der Waals surface area contributed by atoms with Gasteiger partial charge in [-0.1, -0.05) is 0 Å². The summed E-state index contributed by atoms with van der Waals surface area (Å²) in [5.41, 5.74) is 12.2. The molecule has 1 heterocycles. The number of hydrogen-bond acceptors (Lipinski definition) is 0. The number of aryl methyl sites for hydroxylation is 1. The van der Waals surface area contributed by atoms with Crippen LogP contribution in [0.15, 0.2) is 84.4 Å². The fourth-order valence-corrected chi connectivity index (χ4v) is 24.2. The van der Waals surface area contributed by atoms with E-state index < -0.39 is 27.4 Å². The van der Waals surface area contributed by atoms with Gasteiger partial charge in [-0.3, -0.25) is 0 Å². The van der Waals surface area contributed by atoms with Gasteiger partial charge in [0.25, 0.3) is 0 Å². The van der Waals surface area contributed by atoms with Gasteiger partial charge < -0.3 is 0 Å². The molecule has 1 aliphatic carbocycles. The Hall–Kier alpha value is -1.70. The summed E-state index contributed by atoms with van der Waals surface area (Å²) < 4.78 is 1.36. The van der Waals surface area contributed by atoms with Crippen LogP contribution in [0.25, 0.3) is 28.3 Å². The van der Waals surface area contributed by atoms with Crippen molar-refractivity contribution in [1.82, 2.24) is 0 Å². The van der Waals surface area contributed by atoms with E-state index in [0.29, 0.717) is 0 Å². The van der Waals surface area contributed by atoms with Crippen LogP contribution in [0.5, 0.6) is 0 Å². The zero-order valence-corrected chi connectivity index (χ0v) is 30.7. The molecule has 210 valence electrons. The Morgan fingerprint density at radius 2 is 1.39 bits per heavy atom. The van der Waals surface area contributed by atoms with Gasteiger partial charge in [-0.2, -0.15) is 0 Å². The fraction of sp³-hybridized carbons (Fsp3) is 0.297. The van der Waals surface area contributed by atoms with Crippen molar-refractivity contribution in [3.05, 3.63) is 107 Å². The fourth-order valence-electron chi connectivity index (χ4n) is 7.10. The third kappa shape index (κ3) is 4.92. The molecule has 0 saturated heterocycles. The topological polar surface area (TPSA) is 0 Å². The van der Waals surface area contributed by atoms with Gasteiger partial charge in [-0.15, -0.1) is 0 Å². The van der Waals surface area contributed by atoms with Crippen molar-refractivity contribution >= 4 is 46.3 Å². The molecule has 41 heavy (non-hydrogen) atoms. The molecule has 4 heteroatoms. The number of benzene rings is 4. The van der Waals surface area contributed by atoms with Crippen LogP contribution in [0.2, 0.25) is 0 Å². The third-order valence-electron chi connectivity index (χ3n) is 9.12. The molecule has 0 spiro atoms. The maximum atomic E-state index is 7.97. The Bertz CT molecular complexity index is 1700. The van der Waals surface area contributed by atoms with Crippen molar-refractivity contribution in [2.45, 2.75) is 63.9 Å². The van der Waals surface area contributed by atoms with Crippen molar-refractivity contribution in [2.75, 3.05) is 0 Å². The number of rotatable bonds is 4. The van der Waals surface area contributed by atoms with E-state index in [9.17, 15) is 0 Å². The second-order valence-corrected chi connectivity index (χ2v) is 29.6. The van der Waals surface area contributed by atoms with Crippen molar-refractivity contribution in [2.24, 2.45) is 5.41 Å². The average molecular weight is 675 g/mol. The predicted molar refractivity (Wildman–Crippen MR) is 181 cm³/mol. The van der Waals surface area contributed by atoms with E-state index in [1.165, 1.54) is 63.7 Å². The van der Waals surface area contributed by atoms with E-state index in [1.54, 1.807) is 0 Å². The van der Waals surface area contributed by atoms with E-state index in [0.717, 1.165) is 6.42 Å². The van der Waals surface area contributed by atoms with Crippen LogP contribution in [0.1, 0.15) is 74.3 Å². The number of allylic oxidation sites excluding steroid dienone is 1. The van der Waals surface area contributed by atoms with Crippen molar-refractivity contribution in [3.63, 3.8) is 0 Å². The van der Waals surface area contributed by atoms with Crippen LogP contribution in [-0.4, -0.2) is 9.52 Å². The Labute approximate surface area is 260 Å². The SMILES string of the molecule is CCc1ccccc1-c1c(C(C)(C)C)ccc2c1C=C(C(C)(C)C)[CH]2[Zr]([Cl])([Cl])[c]1cccc2c1[SiH2]c1ccccc1-2. The van der Waals surface area contributed by atoms with Crippen LogP contribution < -0.4 is 13.6 Å². The van der Waals surface area contributed by atoms with Gasteiger partial charge in [0, 0.05) is 0 Å². The molecule has 0 radical (unpaired) electrons. The standard InChI is InChI=1S/C25H31.C12H9Si.2ClH.Zr/c1-8-17-11-9-10-12-20(17)23-21-16-19(24(2,3)4)15-18(21)13-14-22(23)25(5,6)7;1-3-7-11-9(5-1)10-6-2-4-8-12(10)13-11;;;/h9-16H,8H2,1-7H3;1-7H,13H2;2*1H;/q;;;;+2/p-2. The molecule has 0 saturated carbocycles. The minimum atomic E-state index is -4.07. The molecular weight excluding hydrogens is 635 g/mol. The third-order valence-corrected chi connectivity index (χ3v) is 23.3. The zero-order valence-electron chi connectivity index (χ0n) is 25.3. The Balaban J connectivity index is 1.61. The molecule has 1 atom stereocenters. The first-order valence-corrected chi connectivity index (χ1v) is 25.3. The molecule has 0 bridgehead atoms. The maximum absolute atomic E-state index is 7.97. The molecule has 4 aromatic rings. The van der Waals surface area contributed by atoms with E-state index in [2.05, 4.69) is 133 Å².